The normalized spacial score (nSPS) is 7.73. The first-order valence-corrected chi connectivity index (χ1v) is 4.23. The molecule has 0 aromatic rings. The van der Waals surface area contributed by atoms with Crippen molar-refractivity contribution in [2.24, 2.45) is 0 Å². The van der Waals surface area contributed by atoms with Crippen LogP contribution in [0, 0.1) is 0 Å². The first kappa shape index (κ1) is 20.4. The van der Waals surface area contributed by atoms with Gasteiger partial charge in [-0.3, -0.25) is 19.2 Å². The molecule has 0 amide bonds. The van der Waals surface area contributed by atoms with Gasteiger partial charge in [-0.2, -0.15) is 0 Å². The molecule has 0 aromatic heterocycles. The van der Waals surface area contributed by atoms with Crippen molar-refractivity contribution in [2.75, 3.05) is 0 Å². The Kier molecular flexibility index (Phi) is 16.3. The molecule has 2 radical (unpaired) electrons. The van der Waals surface area contributed by atoms with Gasteiger partial charge >= 0.3 is 0 Å². The van der Waals surface area contributed by atoms with E-state index in [0.29, 0.717) is 0 Å². The summed E-state index contributed by atoms with van der Waals surface area (Å²) in [6.07, 6.45) is 0.167. The predicted molar refractivity (Wildman–Crippen MR) is 57.7 cm³/mol. The molecule has 15 heavy (non-hydrogen) atoms. The minimum absolute atomic E-state index is 0. The van der Waals surface area contributed by atoms with Gasteiger partial charge in [0, 0.05) is 37.7 Å². The van der Waals surface area contributed by atoms with E-state index in [1.807, 2.05) is 0 Å². The van der Waals surface area contributed by atoms with Gasteiger partial charge in [0.15, 0.2) is 0 Å². The molecule has 0 N–H and O–H groups in total. The Hall–Kier alpha value is -0.0603. The maximum atomic E-state index is 10.0. The second-order valence-corrected chi connectivity index (χ2v) is 3.16. The maximum absolute atomic E-state index is 10.0. The zero-order chi connectivity index (χ0) is 11.7. The summed E-state index contributed by atoms with van der Waals surface area (Å²) in [7, 11) is 0. The third kappa shape index (κ3) is 31.5. The van der Waals surface area contributed by atoms with E-state index < -0.39 is 0 Å². The summed E-state index contributed by atoms with van der Waals surface area (Å²) in [4.78, 5) is 40.1. The number of Topliss-reactive ketones (excluding diaryl/α,β-unsaturated/α-hetero) is 4. The molecule has 0 aliphatic rings. The summed E-state index contributed by atoms with van der Waals surface area (Å²) in [5, 5.41) is 0. The molecule has 0 atom stereocenters. The van der Waals surface area contributed by atoms with E-state index in [-0.39, 0.29) is 73.7 Å². The number of ketones is 4. The molecule has 0 spiro atoms. The fourth-order valence-electron chi connectivity index (χ4n) is 0.701. The molecule has 0 saturated carbocycles. The van der Waals surface area contributed by atoms with Crippen LogP contribution in [0.2, 0.25) is 0 Å². The van der Waals surface area contributed by atoms with Crippen molar-refractivity contribution in [3.63, 3.8) is 0 Å². The van der Waals surface area contributed by atoms with Crippen molar-refractivity contribution in [3.05, 3.63) is 0 Å². The van der Waals surface area contributed by atoms with Crippen molar-refractivity contribution >= 4 is 60.9 Å². The Labute approximate surface area is 120 Å². The van der Waals surface area contributed by atoms with Crippen LogP contribution in [0.4, 0.5) is 0 Å². The zero-order valence-electron chi connectivity index (χ0n) is 9.75. The van der Waals surface area contributed by atoms with Gasteiger partial charge in [-0.1, -0.05) is 0 Å². The SMILES string of the molecule is CC(=O)CC(C)=O.CC(=O)CC(C)=O.[Ca]. The van der Waals surface area contributed by atoms with Crippen LogP contribution in [0.15, 0.2) is 0 Å². The minimum atomic E-state index is -0.0625. The number of hydrogen-bond donors (Lipinski definition) is 0. The number of hydrogen-bond acceptors (Lipinski definition) is 4. The van der Waals surface area contributed by atoms with Crippen molar-refractivity contribution in [1.82, 2.24) is 0 Å². The van der Waals surface area contributed by atoms with Gasteiger partial charge in [-0.25, -0.2) is 0 Å². The summed E-state index contributed by atoms with van der Waals surface area (Å²) < 4.78 is 0. The van der Waals surface area contributed by atoms with E-state index in [9.17, 15) is 19.2 Å². The summed E-state index contributed by atoms with van der Waals surface area (Å²) in [5.74, 6) is -0.250. The third-order valence-corrected chi connectivity index (χ3v) is 0.996. The predicted octanol–water partition coefficient (Wildman–Crippen LogP) is 0.728. The van der Waals surface area contributed by atoms with E-state index in [1.54, 1.807) is 0 Å². The van der Waals surface area contributed by atoms with Gasteiger partial charge in [0.25, 0.3) is 0 Å². The summed E-state index contributed by atoms with van der Waals surface area (Å²) in [6, 6.07) is 0. The Morgan fingerprint density at radius 2 is 0.733 bits per heavy atom. The molecule has 82 valence electrons. The second kappa shape index (κ2) is 12.0. The first-order valence-electron chi connectivity index (χ1n) is 4.23. The van der Waals surface area contributed by atoms with E-state index in [0.717, 1.165) is 0 Å². The number of carbonyl (C=O) groups is 4. The molecule has 0 heterocycles. The van der Waals surface area contributed by atoms with Crippen molar-refractivity contribution in [3.8, 4) is 0 Å². The quantitative estimate of drug-likeness (QED) is 0.536. The average molecular weight is 240 g/mol. The van der Waals surface area contributed by atoms with E-state index >= 15 is 0 Å². The molecule has 0 bridgehead atoms. The molecule has 0 aliphatic carbocycles. The molecule has 0 aromatic carbocycles. The van der Waals surface area contributed by atoms with Gasteiger partial charge in [-0.05, 0) is 27.7 Å². The number of carbonyl (C=O) groups excluding carboxylic acids is 4. The molecule has 0 unspecified atom stereocenters. The van der Waals surface area contributed by atoms with E-state index in [4.69, 9.17) is 0 Å². The third-order valence-electron chi connectivity index (χ3n) is 0.996. The van der Waals surface area contributed by atoms with Gasteiger partial charge < -0.3 is 0 Å². The smallest absolute Gasteiger partial charge is 0.137 e. The molecule has 0 fully saturated rings. The van der Waals surface area contributed by atoms with Crippen LogP contribution in [0.1, 0.15) is 40.5 Å². The van der Waals surface area contributed by atoms with Crippen molar-refractivity contribution < 1.29 is 19.2 Å². The topological polar surface area (TPSA) is 68.3 Å². The van der Waals surface area contributed by atoms with Crippen LogP contribution in [0.25, 0.3) is 0 Å². The largest absolute Gasteiger partial charge is 0.300 e. The van der Waals surface area contributed by atoms with Crippen LogP contribution < -0.4 is 0 Å². The van der Waals surface area contributed by atoms with Crippen LogP contribution in [0.3, 0.4) is 0 Å². The standard InChI is InChI=1S/2C5H8O2.Ca/c2*1-4(6)3-5(2)7;/h2*3H2,1-2H3;. The molecular weight excluding hydrogens is 224 g/mol. The Morgan fingerprint density at radius 3 is 0.733 bits per heavy atom. The number of rotatable bonds is 4. The van der Waals surface area contributed by atoms with E-state index in [1.165, 1.54) is 27.7 Å². The molecule has 0 aliphatic heterocycles. The molecule has 4 nitrogen and oxygen atoms in total. The molecule has 0 saturated heterocycles. The average Bonchev–Trinajstić information content (AvgIpc) is 1.79. The Bertz CT molecular complexity index is 196. The summed E-state index contributed by atoms with van der Waals surface area (Å²) in [6.45, 7) is 5.62. The summed E-state index contributed by atoms with van der Waals surface area (Å²) >= 11 is 0. The molecular formula is C10H16CaO4. The van der Waals surface area contributed by atoms with Crippen LogP contribution in [0.5, 0.6) is 0 Å². The Morgan fingerprint density at radius 1 is 0.600 bits per heavy atom. The minimum Gasteiger partial charge on any atom is -0.300 e. The van der Waals surface area contributed by atoms with Gasteiger partial charge in [0.1, 0.15) is 23.1 Å². The van der Waals surface area contributed by atoms with Crippen LogP contribution >= 0.6 is 0 Å². The fourth-order valence-corrected chi connectivity index (χ4v) is 0.701. The Balaban J connectivity index is -0.000000180. The maximum Gasteiger partial charge on any atom is 0.137 e. The van der Waals surface area contributed by atoms with Crippen LogP contribution in [-0.4, -0.2) is 60.9 Å². The summed E-state index contributed by atoms with van der Waals surface area (Å²) in [5.41, 5.74) is 0. The van der Waals surface area contributed by atoms with Gasteiger partial charge in [-0.15, -0.1) is 0 Å². The van der Waals surface area contributed by atoms with E-state index in [2.05, 4.69) is 0 Å². The van der Waals surface area contributed by atoms with Crippen LogP contribution in [-0.2, 0) is 19.2 Å². The van der Waals surface area contributed by atoms with Crippen molar-refractivity contribution in [1.29, 1.82) is 0 Å². The first-order chi connectivity index (χ1) is 6.25. The van der Waals surface area contributed by atoms with Crippen molar-refractivity contribution in [2.45, 2.75) is 40.5 Å². The van der Waals surface area contributed by atoms with Gasteiger partial charge in [0.05, 0.1) is 12.8 Å². The molecule has 0 rings (SSSR count). The van der Waals surface area contributed by atoms with Gasteiger partial charge in [0.2, 0.25) is 0 Å². The fraction of sp³-hybridized carbons (Fsp3) is 0.600. The zero-order valence-corrected chi connectivity index (χ0v) is 12.0. The monoisotopic (exact) mass is 240 g/mol. The molecule has 5 heteroatoms. The second-order valence-electron chi connectivity index (χ2n) is 3.16.